The Labute approximate surface area is 141 Å². The van der Waals surface area contributed by atoms with Crippen molar-refractivity contribution in [1.29, 1.82) is 0 Å². The summed E-state index contributed by atoms with van der Waals surface area (Å²) in [5.74, 6) is 0.769. The van der Waals surface area contributed by atoms with Crippen LogP contribution in [0.15, 0.2) is 53.1 Å². The topological polar surface area (TPSA) is 83.4 Å². The molecule has 2 aromatic rings. The number of urea groups is 1. The summed E-state index contributed by atoms with van der Waals surface area (Å²) >= 11 is 0. The molecule has 0 saturated carbocycles. The van der Waals surface area contributed by atoms with Crippen molar-refractivity contribution in [2.75, 3.05) is 13.1 Å². The fourth-order valence-corrected chi connectivity index (χ4v) is 2.23. The van der Waals surface area contributed by atoms with E-state index in [9.17, 15) is 9.59 Å². The highest BCUT2D eigenvalue weighted by molar-refractivity contribution is 5.83. The number of carbonyl (C=O) groups is 2. The molecule has 6 nitrogen and oxygen atoms in total. The zero-order valence-electron chi connectivity index (χ0n) is 13.7. The predicted octanol–water partition coefficient (Wildman–Crippen LogP) is 2.39. The normalized spacial score (nSPS) is 11.5. The SMILES string of the molecule is C[C@@H](CCNC(=O)NCC(=O)NCc1ccco1)c1ccccc1. The Balaban J connectivity index is 1.57. The van der Waals surface area contributed by atoms with Gasteiger partial charge in [0.25, 0.3) is 0 Å². The molecule has 6 heteroatoms. The first-order chi connectivity index (χ1) is 11.6. The molecule has 1 atom stereocenters. The largest absolute Gasteiger partial charge is 0.467 e. The van der Waals surface area contributed by atoms with Gasteiger partial charge in [-0.05, 0) is 30.0 Å². The first-order valence-corrected chi connectivity index (χ1v) is 8.01. The highest BCUT2D eigenvalue weighted by Crippen LogP contribution is 2.17. The first kappa shape index (κ1) is 17.6. The van der Waals surface area contributed by atoms with E-state index >= 15 is 0 Å². The number of hydrogen-bond acceptors (Lipinski definition) is 3. The highest BCUT2D eigenvalue weighted by atomic mass is 16.3. The molecular formula is C18H23N3O3. The van der Waals surface area contributed by atoms with E-state index in [4.69, 9.17) is 4.42 Å². The standard InChI is InChI=1S/C18H23N3O3/c1-14(15-6-3-2-4-7-15)9-10-19-18(23)21-13-17(22)20-12-16-8-5-11-24-16/h2-8,11,14H,9-10,12-13H2,1H3,(H,20,22)(H2,19,21,23)/t14-/m0/s1. The molecule has 2 rings (SSSR count). The van der Waals surface area contributed by atoms with Gasteiger partial charge in [0.2, 0.25) is 5.91 Å². The fourth-order valence-electron chi connectivity index (χ4n) is 2.23. The second-order valence-electron chi connectivity index (χ2n) is 5.57. The van der Waals surface area contributed by atoms with Gasteiger partial charge in [0.05, 0.1) is 19.4 Å². The Morgan fingerprint density at radius 1 is 1.04 bits per heavy atom. The molecule has 3 N–H and O–H groups in total. The summed E-state index contributed by atoms with van der Waals surface area (Å²) in [4.78, 5) is 23.3. The molecule has 0 fully saturated rings. The summed E-state index contributed by atoms with van der Waals surface area (Å²) in [6.45, 7) is 2.91. The average molecular weight is 329 g/mol. The second-order valence-corrected chi connectivity index (χ2v) is 5.57. The Morgan fingerprint density at radius 2 is 1.83 bits per heavy atom. The fraction of sp³-hybridized carbons (Fsp3) is 0.333. The van der Waals surface area contributed by atoms with Crippen molar-refractivity contribution in [2.45, 2.75) is 25.8 Å². The van der Waals surface area contributed by atoms with Crippen molar-refractivity contribution in [3.63, 3.8) is 0 Å². The first-order valence-electron chi connectivity index (χ1n) is 8.01. The Bertz CT molecular complexity index is 626. The lowest BCUT2D eigenvalue weighted by molar-refractivity contribution is -0.120. The summed E-state index contributed by atoms with van der Waals surface area (Å²) in [5, 5.41) is 7.95. The van der Waals surface area contributed by atoms with Crippen molar-refractivity contribution in [3.8, 4) is 0 Å². The van der Waals surface area contributed by atoms with Gasteiger partial charge >= 0.3 is 6.03 Å². The van der Waals surface area contributed by atoms with Gasteiger partial charge in [0.15, 0.2) is 0 Å². The van der Waals surface area contributed by atoms with Crippen LogP contribution in [-0.2, 0) is 11.3 Å². The molecule has 0 radical (unpaired) electrons. The molecule has 1 aromatic heterocycles. The lowest BCUT2D eigenvalue weighted by Gasteiger charge is -2.13. The zero-order chi connectivity index (χ0) is 17.2. The number of carbonyl (C=O) groups excluding carboxylic acids is 2. The molecule has 1 aromatic carbocycles. The molecule has 0 aliphatic heterocycles. The molecule has 24 heavy (non-hydrogen) atoms. The predicted molar refractivity (Wildman–Crippen MR) is 91.4 cm³/mol. The average Bonchev–Trinajstić information content (AvgIpc) is 3.12. The van der Waals surface area contributed by atoms with Gasteiger partial charge in [-0.1, -0.05) is 37.3 Å². The summed E-state index contributed by atoms with van der Waals surface area (Å²) in [6, 6.07) is 13.3. The Hall–Kier alpha value is -2.76. The van der Waals surface area contributed by atoms with E-state index in [-0.39, 0.29) is 18.5 Å². The molecule has 1 heterocycles. The molecule has 0 saturated heterocycles. The smallest absolute Gasteiger partial charge is 0.315 e. The number of benzene rings is 1. The van der Waals surface area contributed by atoms with E-state index in [0.29, 0.717) is 24.8 Å². The Morgan fingerprint density at radius 3 is 2.54 bits per heavy atom. The van der Waals surface area contributed by atoms with E-state index in [1.807, 2.05) is 18.2 Å². The number of furan rings is 1. The van der Waals surface area contributed by atoms with E-state index in [1.54, 1.807) is 18.4 Å². The Kier molecular flexibility index (Phi) is 6.89. The number of amides is 3. The highest BCUT2D eigenvalue weighted by Gasteiger charge is 2.08. The quantitative estimate of drug-likeness (QED) is 0.695. The van der Waals surface area contributed by atoms with Crippen LogP contribution in [-0.4, -0.2) is 25.0 Å². The zero-order valence-corrected chi connectivity index (χ0v) is 13.7. The van der Waals surface area contributed by atoms with Crippen LogP contribution in [0.3, 0.4) is 0 Å². The van der Waals surface area contributed by atoms with Gasteiger partial charge in [-0.2, -0.15) is 0 Å². The minimum Gasteiger partial charge on any atom is -0.467 e. The maximum Gasteiger partial charge on any atom is 0.315 e. The number of nitrogens with one attached hydrogen (secondary N) is 3. The summed E-state index contributed by atoms with van der Waals surface area (Å²) in [6.07, 6.45) is 2.38. The molecule has 0 unspecified atom stereocenters. The molecule has 0 spiro atoms. The van der Waals surface area contributed by atoms with Crippen LogP contribution in [0.2, 0.25) is 0 Å². The van der Waals surface area contributed by atoms with E-state index in [0.717, 1.165) is 6.42 Å². The van der Waals surface area contributed by atoms with Crippen LogP contribution in [0.25, 0.3) is 0 Å². The minimum absolute atomic E-state index is 0.0687. The van der Waals surface area contributed by atoms with Crippen molar-refractivity contribution in [2.24, 2.45) is 0 Å². The van der Waals surface area contributed by atoms with Gasteiger partial charge < -0.3 is 20.4 Å². The van der Waals surface area contributed by atoms with Gasteiger partial charge in [0, 0.05) is 6.54 Å². The summed E-state index contributed by atoms with van der Waals surface area (Å²) in [7, 11) is 0. The molecule has 0 aliphatic rings. The van der Waals surface area contributed by atoms with E-state index < -0.39 is 0 Å². The van der Waals surface area contributed by atoms with Crippen LogP contribution in [0.1, 0.15) is 30.6 Å². The monoisotopic (exact) mass is 329 g/mol. The third-order valence-corrected chi connectivity index (χ3v) is 3.68. The van der Waals surface area contributed by atoms with Crippen LogP contribution in [0, 0.1) is 0 Å². The second kappa shape index (κ2) is 9.39. The minimum atomic E-state index is -0.344. The van der Waals surface area contributed by atoms with Gasteiger partial charge in [-0.15, -0.1) is 0 Å². The number of rotatable bonds is 8. The van der Waals surface area contributed by atoms with E-state index in [1.165, 1.54) is 5.56 Å². The van der Waals surface area contributed by atoms with Crippen LogP contribution in [0.4, 0.5) is 4.79 Å². The third-order valence-electron chi connectivity index (χ3n) is 3.68. The molecule has 128 valence electrons. The summed E-state index contributed by atoms with van der Waals surface area (Å²) < 4.78 is 5.11. The van der Waals surface area contributed by atoms with Gasteiger partial charge in [0.1, 0.15) is 5.76 Å². The van der Waals surface area contributed by atoms with Crippen LogP contribution >= 0.6 is 0 Å². The molecule has 0 bridgehead atoms. The maximum absolute atomic E-state index is 11.7. The number of hydrogen-bond donors (Lipinski definition) is 3. The summed E-state index contributed by atoms with van der Waals surface area (Å²) in [5.41, 5.74) is 1.25. The van der Waals surface area contributed by atoms with E-state index in [2.05, 4.69) is 35.0 Å². The molecular weight excluding hydrogens is 306 g/mol. The maximum atomic E-state index is 11.7. The van der Waals surface area contributed by atoms with Crippen molar-refractivity contribution in [1.82, 2.24) is 16.0 Å². The van der Waals surface area contributed by atoms with Crippen molar-refractivity contribution < 1.29 is 14.0 Å². The van der Waals surface area contributed by atoms with Crippen LogP contribution < -0.4 is 16.0 Å². The van der Waals surface area contributed by atoms with Gasteiger partial charge in [-0.3, -0.25) is 4.79 Å². The molecule has 0 aliphatic carbocycles. The lowest BCUT2D eigenvalue weighted by atomic mass is 9.98. The van der Waals surface area contributed by atoms with Gasteiger partial charge in [-0.25, -0.2) is 4.79 Å². The van der Waals surface area contributed by atoms with Crippen molar-refractivity contribution >= 4 is 11.9 Å². The molecule has 3 amide bonds. The van der Waals surface area contributed by atoms with Crippen molar-refractivity contribution in [3.05, 3.63) is 60.1 Å². The van der Waals surface area contributed by atoms with Crippen LogP contribution in [0.5, 0.6) is 0 Å². The lowest BCUT2D eigenvalue weighted by Crippen LogP contribution is -2.42. The third kappa shape index (κ3) is 6.16.